The van der Waals surface area contributed by atoms with E-state index in [2.05, 4.69) is 5.32 Å². The van der Waals surface area contributed by atoms with Gasteiger partial charge >= 0.3 is 0 Å². The number of amides is 2. The highest BCUT2D eigenvalue weighted by atomic mass is 16.2. The predicted molar refractivity (Wildman–Crippen MR) is 58.3 cm³/mol. The van der Waals surface area contributed by atoms with E-state index in [0.717, 1.165) is 45.1 Å². The molecule has 3 fully saturated rings. The second-order valence-corrected chi connectivity index (χ2v) is 5.16. The number of nitrogens with zero attached hydrogens (tertiary/aromatic N) is 1. The number of rotatable bonds is 1. The van der Waals surface area contributed by atoms with Gasteiger partial charge in [0.2, 0.25) is 11.8 Å². The van der Waals surface area contributed by atoms with E-state index < -0.39 is 0 Å². The van der Waals surface area contributed by atoms with Crippen LogP contribution in [0.2, 0.25) is 0 Å². The number of nitrogens with one attached hydrogen (secondary N) is 1. The molecule has 0 radical (unpaired) electrons. The van der Waals surface area contributed by atoms with Crippen LogP contribution in [-0.4, -0.2) is 29.4 Å². The summed E-state index contributed by atoms with van der Waals surface area (Å²) in [6, 6.07) is 0. The second kappa shape index (κ2) is 3.84. The Morgan fingerprint density at radius 3 is 2.06 bits per heavy atom. The number of hydrogen-bond donors (Lipinski definition) is 1. The van der Waals surface area contributed by atoms with Crippen LogP contribution in [0.3, 0.4) is 0 Å². The van der Waals surface area contributed by atoms with E-state index >= 15 is 0 Å². The molecule has 3 rings (SSSR count). The van der Waals surface area contributed by atoms with Gasteiger partial charge in [-0.3, -0.25) is 19.8 Å². The zero-order chi connectivity index (χ0) is 11.1. The summed E-state index contributed by atoms with van der Waals surface area (Å²) in [6.07, 6.45) is 6.02. The van der Waals surface area contributed by atoms with Crippen LogP contribution < -0.4 is 5.32 Å². The molecule has 0 bridgehead atoms. The second-order valence-electron chi connectivity index (χ2n) is 5.16. The van der Waals surface area contributed by atoms with E-state index in [9.17, 15) is 9.59 Å². The third-order valence-corrected chi connectivity index (χ3v) is 4.22. The number of likely N-dealkylation sites (tertiary alicyclic amines) is 1. The lowest BCUT2D eigenvalue weighted by molar-refractivity contribution is -0.143. The highest BCUT2D eigenvalue weighted by Gasteiger charge is 2.50. The summed E-state index contributed by atoms with van der Waals surface area (Å²) in [5.41, 5.74) is 0. The third-order valence-electron chi connectivity index (χ3n) is 4.22. The van der Waals surface area contributed by atoms with Gasteiger partial charge in [-0.1, -0.05) is 12.8 Å². The van der Waals surface area contributed by atoms with Crippen LogP contribution in [-0.2, 0) is 9.59 Å². The van der Waals surface area contributed by atoms with Gasteiger partial charge in [-0.25, -0.2) is 0 Å². The molecule has 1 unspecified atom stereocenters. The van der Waals surface area contributed by atoms with Crippen LogP contribution in [0.15, 0.2) is 0 Å². The summed E-state index contributed by atoms with van der Waals surface area (Å²) in [4.78, 5) is 25.9. The Morgan fingerprint density at radius 2 is 1.56 bits per heavy atom. The van der Waals surface area contributed by atoms with Gasteiger partial charge in [-0.2, -0.15) is 0 Å². The van der Waals surface area contributed by atoms with Gasteiger partial charge in [0.25, 0.3) is 0 Å². The van der Waals surface area contributed by atoms with Crippen molar-refractivity contribution in [3.63, 3.8) is 0 Å². The monoisotopic (exact) mass is 222 g/mol. The summed E-state index contributed by atoms with van der Waals surface area (Å²) >= 11 is 0. The Bertz CT molecular complexity index is 299. The number of imide groups is 1. The molecule has 0 aromatic carbocycles. The minimum atomic E-state index is -0.00870. The van der Waals surface area contributed by atoms with E-state index in [1.54, 1.807) is 0 Å². The van der Waals surface area contributed by atoms with Gasteiger partial charge in [-0.05, 0) is 32.2 Å². The quantitative estimate of drug-likeness (QED) is 0.670. The van der Waals surface area contributed by atoms with Gasteiger partial charge in [0, 0.05) is 0 Å². The van der Waals surface area contributed by atoms with Crippen LogP contribution in [0.4, 0.5) is 0 Å². The standard InChI is InChI=1S/C12H18N2O2/c15-11-8-4-1-2-5-9(8)12(16)14(11)10-6-3-7-13-10/h8-10,13H,1-7H2/t8-,9-,10?/m1/s1. The number of hydrogen-bond acceptors (Lipinski definition) is 3. The molecule has 4 nitrogen and oxygen atoms in total. The number of carbonyl (C=O) groups excluding carboxylic acids is 2. The summed E-state index contributed by atoms with van der Waals surface area (Å²) in [5, 5.41) is 3.25. The maximum absolute atomic E-state index is 12.2. The molecule has 0 aromatic heterocycles. The minimum Gasteiger partial charge on any atom is -0.297 e. The van der Waals surface area contributed by atoms with E-state index in [4.69, 9.17) is 0 Å². The summed E-state index contributed by atoms with van der Waals surface area (Å²) in [6.45, 7) is 0.928. The lowest BCUT2D eigenvalue weighted by Gasteiger charge is -2.22. The van der Waals surface area contributed by atoms with Crippen molar-refractivity contribution < 1.29 is 9.59 Å². The predicted octanol–water partition coefficient (Wildman–Crippen LogP) is 0.871. The van der Waals surface area contributed by atoms with E-state index in [-0.39, 0.29) is 29.8 Å². The highest BCUT2D eigenvalue weighted by Crippen LogP contribution is 2.39. The molecule has 4 heteroatoms. The fourth-order valence-corrected chi connectivity index (χ4v) is 3.38. The molecule has 2 aliphatic heterocycles. The third kappa shape index (κ3) is 1.39. The van der Waals surface area contributed by atoms with Gasteiger partial charge in [0.15, 0.2) is 0 Å². The normalized spacial score (nSPS) is 39.2. The smallest absolute Gasteiger partial charge is 0.234 e. The summed E-state index contributed by atoms with van der Waals surface area (Å²) in [5.74, 6) is 0.190. The van der Waals surface area contributed by atoms with Crippen LogP contribution in [0.1, 0.15) is 38.5 Å². The van der Waals surface area contributed by atoms with Crippen molar-refractivity contribution in [2.45, 2.75) is 44.7 Å². The zero-order valence-corrected chi connectivity index (χ0v) is 9.45. The first kappa shape index (κ1) is 10.3. The van der Waals surface area contributed by atoms with Crippen LogP contribution in [0, 0.1) is 11.8 Å². The first-order valence-corrected chi connectivity index (χ1v) is 6.39. The average Bonchev–Trinajstić information content (AvgIpc) is 2.89. The van der Waals surface area contributed by atoms with Crippen LogP contribution in [0.25, 0.3) is 0 Å². The van der Waals surface area contributed by atoms with Crippen molar-refractivity contribution in [1.82, 2.24) is 10.2 Å². The van der Waals surface area contributed by atoms with Crippen molar-refractivity contribution in [1.29, 1.82) is 0 Å². The molecule has 2 amide bonds. The first-order chi connectivity index (χ1) is 7.79. The molecule has 3 atom stereocenters. The Hall–Kier alpha value is -0.900. The molecule has 1 saturated carbocycles. The van der Waals surface area contributed by atoms with Crippen molar-refractivity contribution in [2.24, 2.45) is 11.8 Å². The fraction of sp³-hybridized carbons (Fsp3) is 0.833. The highest BCUT2D eigenvalue weighted by molar-refractivity contribution is 6.05. The summed E-state index contributed by atoms with van der Waals surface area (Å²) < 4.78 is 0. The average molecular weight is 222 g/mol. The topological polar surface area (TPSA) is 49.4 Å². The number of fused-ring (bicyclic) bond motifs is 1. The molecule has 0 spiro atoms. The Kier molecular flexibility index (Phi) is 2.46. The van der Waals surface area contributed by atoms with Crippen LogP contribution >= 0.6 is 0 Å². The molecule has 1 N–H and O–H groups in total. The van der Waals surface area contributed by atoms with Crippen LogP contribution in [0.5, 0.6) is 0 Å². The molecule has 2 heterocycles. The Balaban J connectivity index is 1.83. The zero-order valence-electron chi connectivity index (χ0n) is 9.45. The molecule has 3 aliphatic rings. The molecule has 2 saturated heterocycles. The van der Waals surface area contributed by atoms with Gasteiger partial charge < -0.3 is 0 Å². The number of carbonyl (C=O) groups is 2. The van der Waals surface area contributed by atoms with Crippen molar-refractivity contribution in [3.05, 3.63) is 0 Å². The van der Waals surface area contributed by atoms with E-state index in [0.29, 0.717) is 0 Å². The van der Waals surface area contributed by atoms with Crippen molar-refractivity contribution >= 4 is 11.8 Å². The van der Waals surface area contributed by atoms with Gasteiger partial charge in [-0.15, -0.1) is 0 Å². The molecular weight excluding hydrogens is 204 g/mol. The van der Waals surface area contributed by atoms with Crippen molar-refractivity contribution in [3.8, 4) is 0 Å². The molecular formula is C12H18N2O2. The fourth-order valence-electron chi connectivity index (χ4n) is 3.38. The Labute approximate surface area is 95.4 Å². The summed E-state index contributed by atoms with van der Waals surface area (Å²) in [7, 11) is 0. The Morgan fingerprint density at radius 1 is 0.938 bits per heavy atom. The lowest BCUT2D eigenvalue weighted by Crippen LogP contribution is -2.46. The van der Waals surface area contributed by atoms with Crippen molar-refractivity contribution in [2.75, 3.05) is 6.54 Å². The van der Waals surface area contributed by atoms with Gasteiger partial charge in [0.1, 0.15) is 0 Å². The maximum atomic E-state index is 12.2. The first-order valence-electron chi connectivity index (χ1n) is 6.39. The largest absolute Gasteiger partial charge is 0.297 e. The van der Waals surface area contributed by atoms with E-state index in [1.807, 2.05) is 0 Å². The molecule has 0 aromatic rings. The maximum Gasteiger partial charge on any atom is 0.234 e. The lowest BCUT2D eigenvalue weighted by atomic mass is 9.81. The van der Waals surface area contributed by atoms with Gasteiger partial charge in [0.05, 0.1) is 18.0 Å². The molecule has 1 aliphatic carbocycles. The SMILES string of the molecule is O=C1[C@@H]2CCCC[C@H]2C(=O)N1C1CCCN1. The molecule has 16 heavy (non-hydrogen) atoms. The van der Waals surface area contributed by atoms with E-state index in [1.165, 1.54) is 4.90 Å². The molecule has 88 valence electrons. The minimum absolute atomic E-state index is 0.00338.